The summed E-state index contributed by atoms with van der Waals surface area (Å²) in [6.07, 6.45) is 0. The minimum atomic E-state index is -3.12. The van der Waals surface area contributed by atoms with Crippen molar-refractivity contribution < 1.29 is 8.78 Å². The van der Waals surface area contributed by atoms with Crippen molar-refractivity contribution >= 4 is 21.5 Å². The molecule has 0 amide bonds. The third-order valence-corrected chi connectivity index (χ3v) is 9.04. The highest BCUT2D eigenvalue weighted by atomic mass is 19.3. The van der Waals surface area contributed by atoms with Gasteiger partial charge < -0.3 is 0 Å². The van der Waals surface area contributed by atoms with Crippen LogP contribution in [0.5, 0.6) is 0 Å². The second-order valence-electron chi connectivity index (χ2n) is 11.9. The molecule has 1 heterocycles. The number of alkyl halides is 2. The number of aromatic nitrogens is 3. The molecule has 0 bridgehead atoms. The molecule has 0 radical (unpaired) electrons. The van der Waals surface area contributed by atoms with Crippen molar-refractivity contribution in [2.75, 3.05) is 0 Å². The Morgan fingerprint density at radius 1 is 0.362 bits per heavy atom. The zero-order valence-electron chi connectivity index (χ0n) is 25.0. The third-order valence-electron chi connectivity index (χ3n) is 9.04. The molecule has 0 unspecified atom stereocenters. The lowest BCUT2D eigenvalue weighted by atomic mass is 9.95. The van der Waals surface area contributed by atoms with E-state index in [1.807, 2.05) is 78.9 Å². The Morgan fingerprint density at radius 3 is 1.49 bits per heavy atom. The van der Waals surface area contributed by atoms with Gasteiger partial charge in [-0.15, -0.1) is 0 Å². The standard InChI is InChI=1S/C42H25F2N3/c43-42(44)37-21-18-30(29-17-20-34-31(23-29)16-15-26-9-7-8-14-33(26)34)24-35(37)36-25-32(19-22-38(36)42)41-46-39(27-10-3-1-4-11-27)45-40(47-41)28-12-5-2-6-13-28/h1-25H. The van der Waals surface area contributed by atoms with Crippen molar-refractivity contribution in [2.24, 2.45) is 0 Å². The fourth-order valence-corrected chi connectivity index (χ4v) is 6.68. The van der Waals surface area contributed by atoms with E-state index in [2.05, 4.69) is 42.5 Å². The quantitative estimate of drug-likeness (QED) is 0.186. The van der Waals surface area contributed by atoms with Gasteiger partial charge in [0.05, 0.1) is 0 Å². The van der Waals surface area contributed by atoms with Crippen molar-refractivity contribution in [1.82, 2.24) is 15.0 Å². The van der Waals surface area contributed by atoms with Crippen LogP contribution in [0, 0.1) is 0 Å². The second kappa shape index (κ2) is 10.5. The summed E-state index contributed by atoms with van der Waals surface area (Å²) >= 11 is 0. The second-order valence-corrected chi connectivity index (χ2v) is 11.9. The summed E-state index contributed by atoms with van der Waals surface area (Å²) in [6.45, 7) is 0. The van der Waals surface area contributed by atoms with Crippen LogP contribution in [-0.4, -0.2) is 15.0 Å². The van der Waals surface area contributed by atoms with E-state index < -0.39 is 5.92 Å². The Hall–Kier alpha value is -6.07. The monoisotopic (exact) mass is 609 g/mol. The fraction of sp³-hybridized carbons (Fsp3) is 0.0238. The lowest BCUT2D eigenvalue weighted by Crippen LogP contribution is -2.10. The summed E-state index contributed by atoms with van der Waals surface area (Å²) in [6, 6.07) is 48.6. The summed E-state index contributed by atoms with van der Waals surface area (Å²) in [5.74, 6) is -1.65. The van der Waals surface area contributed by atoms with Gasteiger partial charge in [-0.2, -0.15) is 8.78 Å². The SMILES string of the molecule is FC1(F)c2ccc(-c3ccc4c(ccc5ccccc54)c3)cc2-c2cc(-c3nc(-c4ccccc4)nc(-c4ccccc4)n3)ccc21. The minimum Gasteiger partial charge on any atom is -0.208 e. The molecule has 1 aromatic heterocycles. The largest absolute Gasteiger partial charge is 0.299 e. The smallest absolute Gasteiger partial charge is 0.208 e. The van der Waals surface area contributed by atoms with E-state index in [1.165, 1.54) is 16.8 Å². The van der Waals surface area contributed by atoms with E-state index in [1.54, 1.807) is 24.3 Å². The van der Waals surface area contributed by atoms with E-state index in [4.69, 9.17) is 15.0 Å². The molecule has 3 nitrogen and oxygen atoms in total. The minimum absolute atomic E-state index is 0.00535. The van der Waals surface area contributed by atoms with Crippen molar-refractivity contribution in [3.05, 3.63) is 163 Å². The van der Waals surface area contributed by atoms with Crippen molar-refractivity contribution in [3.8, 4) is 56.4 Å². The van der Waals surface area contributed by atoms with Crippen LogP contribution in [0.15, 0.2) is 152 Å². The number of rotatable bonds is 4. The van der Waals surface area contributed by atoms with E-state index in [0.29, 0.717) is 34.2 Å². The summed E-state index contributed by atoms with van der Waals surface area (Å²) in [7, 11) is 0. The highest BCUT2D eigenvalue weighted by Gasteiger charge is 2.44. The van der Waals surface area contributed by atoms with Gasteiger partial charge in [0.1, 0.15) is 0 Å². The van der Waals surface area contributed by atoms with Crippen molar-refractivity contribution in [1.29, 1.82) is 0 Å². The van der Waals surface area contributed by atoms with E-state index in [0.717, 1.165) is 33.0 Å². The summed E-state index contributed by atoms with van der Waals surface area (Å²) in [4.78, 5) is 14.4. The Labute approximate surface area is 269 Å². The molecule has 0 fully saturated rings. The highest BCUT2D eigenvalue weighted by molar-refractivity contribution is 6.08. The predicted octanol–water partition coefficient (Wildman–Crippen LogP) is 11.0. The zero-order valence-corrected chi connectivity index (χ0v) is 25.0. The number of hydrogen-bond donors (Lipinski definition) is 0. The molecule has 9 rings (SSSR count). The average Bonchev–Trinajstić information content (AvgIpc) is 3.36. The normalized spacial score (nSPS) is 13.1. The number of halogens is 2. The number of fused-ring (bicyclic) bond motifs is 6. The van der Waals surface area contributed by atoms with E-state index in [-0.39, 0.29) is 11.1 Å². The van der Waals surface area contributed by atoms with Gasteiger partial charge in [-0.3, -0.25) is 0 Å². The molecule has 5 heteroatoms. The van der Waals surface area contributed by atoms with Crippen LogP contribution in [0.1, 0.15) is 11.1 Å². The predicted molar refractivity (Wildman–Crippen MR) is 185 cm³/mol. The summed E-state index contributed by atoms with van der Waals surface area (Å²) in [5, 5.41) is 4.64. The van der Waals surface area contributed by atoms with Crippen LogP contribution >= 0.6 is 0 Å². The summed E-state index contributed by atoms with van der Waals surface area (Å²) in [5.41, 5.74) is 5.19. The molecule has 1 aliphatic rings. The third kappa shape index (κ3) is 4.50. The first-order valence-corrected chi connectivity index (χ1v) is 15.5. The Bertz CT molecular complexity index is 2430. The van der Waals surface area contributed by atoms with Gasteiger partial charge in [0, 0.05) is 27.8 Å². The average molecular weight is 610 g/mol. The number of nitrogens with zero attached hydrogens (tertiary/aromatic N) is 3. The molecule has 0 saturated carbocycles. The van der Waals surface area contributed by atoms with Crippen LogP contribution in [0.4, 0.5) is 8.78 Å². The van der Waals surface area contributed by atoms with Gasteiger partial charge in [0.2, 0.25) is 0 Å². The van der Waals surface area contributed by atoms with E-state index >= 15 is 8.78 Å². The van der Waals surface area contributed by atoms with Gasteiger partial charge in [-0.25, -0.2) is 15.0 Å². The molecule has 0 spiro atoms. The zero-order chi connectivity index (χ0) is 31.5. The molecule has 47 heavy (non-hydrogen) atoms. The summed E-state index contributed by atoms with van der Waals surface area (Å²) < 4.78 is 31.8. The maximum Gasteiger partial charge on any atom is 0.299 e. The topological polar surface area (TPSA) is 38.7 Å². The van der Waals surface area contributed by atoms with E-state index in [9.17, 15) is 0 Å². The van der Waals surface area contributed by atoms with Crippen LogP contribution in [0.2, 0.25) is 0 Å². The molecule has 222 valence electrons. The molecule has 7 aromatic carbocycles. The Morgan fingerprint density at radius 2 is 0.830 bits per heavy atom. The molecule has 0 atom stereocenters. The molecule has 8 aromatic rings. The first kappa shape index (κ1) is 27.3. The van der Waals surface area contributed by atoms with Crippen LogP contribution in [0.3, 0.4) is 0 Å². The molecule has 0 saturated heterocycles. The lowest BCUT2D eigenvalue weighted by Gasteiger charge is -2.13. The van der Waals surface area contributed by atoms with Crippen LogP contribution in [-0.2, 0) is 5.92 Å². The molecule has 0 N–H and O–H groups in total. The number of benzene rings is 7. The van der Waals surface area contributed by atoms with Crippen molar-refractivity contribution in [2.45, 2.75) is 5.92 Å². The van der Waals surface area contributed by atoms with Crippen LogP contribution in [0.25, 0.3) is 78.0 Å². The maximum atomic E-state index is 15.9. The Balaban J connectivity index is 1.18. The van der Waals surface area contributed by atoms with Crippen LogP contribution < -0.4 is 0 Å². The van der Waals surface area contributed by atoms with Crippen molar-refractivity contribution in [3.63, 3.8) is 0 Å². The van der Waals surface area contributed by atoms with Gasteiger partial charge in [-0.1, -0.05) is 133 Å². The maximum absolute atomic E-state index is 15.9. The fourth-order valence-electron chi connectivity index (χ4n) is 6.68. The highest BCUT2D eigenvalue weighted by Crippen LogP contribution is 2.52. The molecular formula is C42H25F2N3. The van der Waals surface area contributed by atoms with Gasteiger partial charge in [0.15, 0.2) is 17.5 Å². The van der Waals surface area contributed by atoms with Gasteiger partial charge in [0.25, 0.3) is 5.92 Å². The first-order valence-electron chi connectivity index (χ1n) is 15.5. The molecular weight excluding hydrogens is 584 g/mol. The lowest BCUT2D eigenvalue weighted by molar-refractivity contribution is 0.0480. The first-order chi connectivity index (χ1) is 23.0. The number of hydrogen-bond acceptors (Lipinski definition) is 3. The van der Waals surface area contributed by atoms with Gasteiger partial charge in [-0.05, 0) is 62.0 Å². The Kier molecular flexibility index (Phi) is 6.09. The molecule has 0 aliphatic heterocycles. The van der Waals surface area contributed by atoms with Gasteiger partial charge >= 0.3 is 0 Å². The molecule has 1 aliphatic carbocycles.